The van der Waals surface area contributed by atoms with E-state index < -0.39 is 13.9 Å². The van der Waals surface area contributed by atoms with E-state index in [1.807, 2.05) is 6.07 Å². The summed E-state index contributed by atoms with van der Waals surface area (Å²) in [6.45, 7) is 21.0. The van der Waals surface area contributed by atoms with Gasteiger partial charge in [0.25, 0.3) is 0 Å². The fourth-order valence-corrected chi connectivity index (χ4v) is 12.9. The molecule has 0 aromatic heterocycles. The van der Waals surface area contributed by atoms with E-state index >= 15 is 0 Å². The third-order valence-electron chi connectivity index (χ3n) is 15.1. The fraction of sp³-hybridized carbons (Fsp3) is 0.659. The number of fused-ring (bicyclic) bond motifs is 5. The average Bonchev–Trinajstić information content (AvgIpc) is 3.41. The van der Waals surface area contributed by atoms with Crippen molar-refractivity contribution in [2.45, 2.75) is 142 Å². The van der Waals surface area contributed by atoms with Crippen molar-refractivity contribution < 1.29 is 14.0 Å². The molecule has 49 heavy (non-hydrogen) atoms. The molecule has 0 amide bonds. The van der Waals surface area contributed by atoms with E-state index in [0.717, 1.165) is 37.8 Å². The summed E-state index contributed by atoms with van der Waals surface area (Å²) in [5.74, 6) is 2.50. The SMILES string of the molecule is CC(C)(C)[Si](C)(C)O[C@H]1CC[C@@]2(C)C(=CC[C@@H]3[C@@H]2CC[C@]2(C)C([C@]4(C)CN(Cc5ccccc5)[C@H](Cc5ccccc5)C(=O)O4)CC[C@@H]32)C1. The molecule has 4 fully saturated rings. The van der Waals surface area contributed by atoms with Crippen LogP contribution in [0.1, 0.15) is 104 Å². The second kappa shape index (κ2) is 12.8. The van der Waals surface area contributed by atoms with E-state index in [-0.39, 0.29) is 22.5 Å². The lowest BCUT2D eigenvalue weighted by Crippen LogP contribution is -2.63. The number of nitrogens with zero attached hydrogens (tertiary/aromatic N) is 1. The first kappa shape index (κ1) is 35.2. The molecule has 0 radical (unpaired) electrons. The number of cyclic esters (lactones) is 1. The van der Waals surface area contributed by atoms with Gasteiger partial charge in [-0.2, -0.15) is 0 Å². The summed E-state index contributed by atoms with van der Waals surface area (Å²) in [6.07, 6.45) is 13.5. The van der Waals surface area contributed by atoms with Gasteiger partial charge in [0, 0.05) is 25.1 Å². The van der Waals surface area contributed by atoms with E-state index in [0.29, 0.717) is 29.8 Å². The molecule has 3 saturated carbocycles. The average molecular weight is 682 g/mol. The molecule has 0 N–H and O–H groups in total. The molecule has 266 valence electrons. The number of carbonyl (C=O) groups excluding carboxylic acids is 1. The van der Waals surface area contributed by atoms with Gasteiger partial charge < -0.3 is 9.16 Å². The van der Waals surface area contributed by atoms with Crippen molar-refractivity contribution in [2.24, 2.45) is 34.5 Å². The van der Waals surface area contributed by atoms with Gasteiger partial charge >= 0.3 is 5.97 Å². The minimum absolute atomic E-state index is 0.0382. The first-order chi connectivity index (χ1) is 23.1. The second-order valence-corrected chi connectivity index (χ2v) is 23.8. The van der Waals surface area contributed by atoms with Crippen molar-refractivity contribution in [1.82, 2.24) is 4.90 Å². The molecule has 1 saturated heterocycles. The molecule has 4 nitrogen and oxygen atoms in total. The summed E-state index contributed by atoms with van der Waals surface area (Å²) in [7, 11) is -1.79. The van der Waals surface area contributed by atoms with E-state index in [4.69, 9.17) is 9.16 Å². The van der Waals surface area contributed by atoms with Gasteiger partial charge in [-0.15, -0.1) is 0 Å². The zero-order chi connectivity index (χ0) is 34.8. The third kappa shape index (κ3) is 6.33. The number of esters is 1. The Morgan fingerprint density at radius 1 is 0.878 bits per heavy atom. The molecule has 1 unspecified atom stereocenters. The number of allylic oxidation sites excluding steroid dienone is 1. The standard InChI is InChI=1S/C44H63NO3Si/c1-41(2,3)49(7,8)48-34-23-25-42(4)33(28-34)19-20-35-36-21-22-39(43(36,5)26-24-37(35)42)44(6)30-45(29-32-17-13-10-14-18-32)38(40(46)47-44)27-31-15-11-9-12-16-31/h9-19,34-39H,20-30H2,1-8H3/t34-,35-,36-,37-,38+,39?,42-,43-,44-/m0/s1. The molecule has 2 aromatic rings. The number of morpholine rings is 1. The molecular formula is C44H63NO3Si. The fourth-order valence-electron chi connectivity index (χ4n) is 11.5. The minimum atomic E-state index is -1.79. The second-order valence-electron chi connectivity index (χ2n) is 19.0. The van der Waals surface area contributed by atoms with Gasteiger partial charge in [0.2, 0.25) is 0 Å². The predicted octanol–water partition coefficient (Wildman–Crippen LogP) is 10.4. The topological polar surface area (TPSA) is 38.8 Å². The zero-order valence-corrected chi connectivity index (χ0v) is 32.8. The molecule has 5 heteroatoms. The van der Waals surface area contributed by atoms with Crippen LogP contribution < -0.4 is 0 Å². The number of ether oxygens (including phenoxy) is 1. The van der Waals surface area contributed by atoms with Gasteiger partial charge in [-0.05, 0) is 123 Å². The Balaban J connectivity index is 1.10. The van der Waals surface area contributed by atoms with Crippen LogP contribution in [0.5, 0.6) is 0 Å². The zero-order valence-electron chi connectivity index (χ0n) is 31.8. The van der Waals surface area contributed by atoms with E-state index in [9.17, 15) is 4.79 Å². The van der Waals surface area contributed by atoms with Crippen LogP contribution >= 0.6 is 0 Å². The van der Waals surface area contributed by atoms with Crippen LogP contribution in [0.15, 0.2) is 72.3 Å². The van der Waals surface area contributed by atoms with E-state index in [2.05, 4.69) is 120 Å². The molecule has 0 spiro atoms. The minimum Gasteiger partial charge on any atom is -0.457 e. The quantitative estimate of drug-likeness (QED) is 0.166. The van der Waals surface area contributed by atoms with Crippen molar-refractivity contribution >= 4 is 14.3 Å². The van der Waals surface area contributed by atoms with Crippen LogP contribution in [0.2, 0.25) is 18.1 Å². The molecule has 1 heterocycles. The number of carbonyl (C=O) groups is 1. The maximum Gasteiger partial charge on any atom is 0.324 e. The van der Waals surface area contributed by atoms with Crippen molar-refractivity contribution in [1.29, 1.82) is 0 Å². The summed E-state index contributed by atoms with van der Waals surface area (Å²) < 4.78 is 13.7. The highest BCUT2D eigenvalue weighted by molar-refractivity contribution is 6.74. The summed E-state index contributed by atoms with van der Waals surface area (Å²) in [5, 5.41) is 0.247. The predicted molar refractivity (Wildman–Crippen MR) is 203 cm³/mol. The smallest absolute Gasteiger partial charge is 0.324 e. The van der Waals surface area contributed by atoms with Crippen LogP contribution in [0.25, 0.3) is 0 Å². The van der Waals surface area contributed by atoms with Gasteiger partial charge in [0.05, 0.1) is 0 Å². The summed E-state index contributed by atoms with van der Waals surface area (Å²) in [4.78, 5) is 16.6. The van der Waals surface area contributed by atoms with Crippen LogP contribution in [0.4, 0.5) is 0 Å². The molecule has 9 atom stereocenters. The monoisotopic (exact) mass is 681 g/mol. The number of benzene rings is 2. The van der Waals surface area contributed by atoms with Crippen molar-refractivity contribution in [3.8, 4) is 0 Å². The normalized spacial score (nSPS) is 38.2. The Hall–Kier alpha value is -2.21. The lowest BCUT2D eigenvalue weighted by molar-refractivity contribution is -0.200. The summed E-state index contributed by atoms with van der Waals surface area (Å²) in [5.41, 5.74) is 4.15. The summed E-state index contributed by atoms with van der Waals surface area (Å²) >= 11 is 0. The number of hydrogen-bond acceptors (Lipinski definition) is 4. The maximum absolute atomic E-state index is 14.2. The van der Waals surface area contributed by atoms with Gasteiger partial charge in [-0.1, -0.05) is 107 Å². The lowest BCUT2D eigenvalue weighted by atomic mass is 9.46. The third-order valence-corrected chi connectivity index (χ3v) is 19.7. The molecule has 7 rings (SSSR count). The number of rotatable bonds is 7. The van der Waals surface area contributed by atoms with Gasteiger partial charge in [-0.3, -0.25) is 9.69 Å². The van der Waals surface area contributed by atoms with Crippen LogP contribution in [-0.4, -0.2) is 43.5 Å². The molecule has 0 bridgehead atoms. The van der Waals surface area contributed by atoms with Gasteiger partial charge in [0.1, 0.15) is 11.6 Å². The van der Waals surface area contributed by atoms with Crippen molar-refractivity contribution in [3.05, 3.63) is 83.4 Å². The molecule has 4 aliphatic carbocycles. The van der Waals surface area contributed by atoms with Crippen molar-refractivity contribution in [2.75, 3.05) is 6.54 Å². The Morgan fingerprint density at radius 3 is 2.22 bits per heavy atom. The highest BCUT2D eigenvalue weighted by Gasteiger charge is 2.63. The maximum atomic E-state index is 14.2. The van der Waals surface area contributed by atoms with Gasteiger partial charge in [0.15, 0.2) is 8.32 Å². The first-order valence-electron chi connectivity index (χ1n) is 19.6. The Bertz CT molecular complexity index is 1530. The van der Waals surface area contributed by atoms with Crippen LogP contribution in [0, 0.1) is 34.5 Å². The highest BCUT2D eigenvalue weighted by Crippen LogP contribution is 2.68. The molecule has 1 aliphatic heterocycles. The van der Waals surface area contributed by atoms with E-state index in [1.54, 1.807) is 5.57 Å². The molecular weight excluding hydrogens is 619 g/mol. The summed E-state index contributed by atoms with van der Waals surface area (Å²) in [6, 6.07) is 20.9. The van der Waals surface area contributed by atoms with Crippen molar-refractivity contribution in [3.63, 3.8) is 0 Å². The highest BCUT2D eigenvalue weighted by atomic mass is 28.4. The van der Waals surface area contributed by atoms with Crippen LogP contribution in [0.3, 0.4) is 0 Å². The van der Waals surface area contributed by atoms with Crippen LogP contribution in [-0.2, 0) is 26.9 Å². The molecule has 5 aliphatic rings. The van der Waals surface area contributed by atoms with E-state index in [1.165, 1.54) is 49.7 Å². The Labute approximate surface area is 298 Å². The lowest BCUT2D eigenvalue weighted by Gasteiger charge is -2.60. The first-order valence-corrected chi connectivity index (χ1v) is 22.5. The Kier molecular flexibility index (Phi) is 9.18. The number of hydrogen-bond donors (Lipinski definition) is 0. The Morgan fingerprint density at radius 2 is 1.55 bits per heavy atom. The van der Waals surface area contributed by atoms with Gasteiger partial charge in [-0.25, -0.2) is 0 Å². The largest absolute Gasteiger partial charge is 0.457 e. The molecule has 2 aromatic carbocycles.